The van der Waals surface area contributed by atoms with Crippen molar-refractivity contribution in [2.24, 2.45) is 5.92 Å². The Kier molecular flexibility index (Phi) is 5.27. The lowest BCUT2D eigenvalue weighted by atomic mass is 10.1. The molecule has 0 radical (unpaired) electrons. The highest BCUT2D eigenvalue weighted by molar-refractivity contribution is 7.13. The van der Waals surface area contributed by atoms with Crippen LogP contribution in [0.25, 0.3) is 0 Å². The molecule has 18 heavy (non-hydrogen) atoms. The Labute approximate surface area is 110 Å². The Bertz CT molecular complexity index is 443. The van der Waals surface area contributed by atoms with Gasteiger partial charge in [-0.05, 0) is 19.3 Å². The van der Waals surface area contributed by atoms with Gasteiger partial charge in [-0.25, -0.2) is 4.98 Å². The number of aryl methyl sites for hydroxylation is 2. The van der Waals surface area contributed by atoms with Crippen molar-refractivity contribution in [1.29, 1.82) is 0 Å². The minimum atomic E-state index is -0.848. The number of nitrogens with one attached hydrogen (secondary N) is 1. The van der Waals surface area contributed by atoms with Crippen molar-refractivity contribution in [2.45, 2.75) is 33.6 Å². The Hall–Kier alpha value is -1.43. The minimum absolute atomic E-state index is 0.0577. The monoisotopic (exact) mass is 270 g/mol. The third-order valence-electron chi connectivity index (χ3n) is 2.48. The number of carboxylic acid groups (broad SMARTS) is 1. The van der Waals surface area contributed by atoms with Crippen LogP contribution in [0.5, 0.6) is 0 Å². The zero-order chi connectivity index (χ0) is 13.7. The molecular weight excluding hydrogens is 252 g/mol. The third kappa shape index (κ3) is 4.10. The van der Waals surface area contributed by atoms with Crippen LogP contribution >= 0.6 is 11.3 Å². The molecule has 1 amide bonds. The summed E-state index contributed by atoms with van der Waals surface area (Å²) in [6, 6.07) is 0. The maximum atomic E-state index is 11.9. The van der Waals surface area contributed by atoms with Crippen molar-refractivity contribution < 1.29 is 14.7 Å². The SMILES string of the molecule is CCc1nc(C)c(C(=O)NCC(C)CC(=O)O)s1. The number of amides is 1. The lowest BCUT2D eigenvalue weighted by Gasteiger charge is -2.09. The smallest absolute Gasteiger partial charge is 0.303 e. The van der Waals surface area contributed by atoms with Gasteiger partial charge in [0.25, 0.3) is 5.91 Å². The quantitative estimate of drug-likeness (QED) is 0.827. The second-order valence-corrected chi connectivity index (χ2v) is 5.37. The standard InChI is InChI=1S/C12H18N2O3S/c1-4-9-14-8(3)11(18-9)12(17)13-6-7(2)5-10(15)16/h7H,4-6H2,1-3H3,(H,13,17)(H,15,16). The number of rotatable bonds is 6. The van der Waals surface area contributed by atoms with Crippen molar-refractivity contribution >= 4 is 23.2 Å². The van der Waals surface area contributed by atoms with Crippen molar-refractivity contribution in [3.05, 3.63) is 15.6 Å². The van der Waals surface area contributed by atoms with Gasteiger partial charge in [0.1, 0.15) is 4.88 Å². The average molecular weight is 270 g/mol. The maximum Gasteiger partial charge on any atom is 0.303 e. The van der Waals surface area contributed by atoms with Crippen molar-refractivity contribution in [3.63, 3.8) is 0 Å². The molecular formula is C12H18N2O3S. The average Bonchev–Trinajstić information content (AvgIpc) is 2.66. The molecule has 1 unspecified atom stereocenters. The van der Waals surface area contributed by atoms with E-state index in [1.165, 1.54) is 11.3 Å². The number of nitrogens with zero attached hydrogens (tertiary/aromatic N) is 1. The summed E-state index contributed by atoms with van der Waals surface area (Å²) in [4.78, 5) is 27.3. The van der Waals surface area contributed by atoms with Crippen molar-refractivity contribution in [1.82, 2.24) is 10.3 Å². The molecule has 1 aromatic heterocycles. The molecule has 0 saturated carbocycles. The number of hydrogen-bond donors (Lipinski definition) is 2. The maximum absolute atomic E-state index is 11.9. The number of aliphatic carboxylic acids is 1. The first-order valence-electron chi connectivity index (χ1n) is 5.90. The Morgan fingerprint density at radius 1 is 1.50 bits per heavy atom. The number of thiazole rings is 1. The molecule has 0 bridgehead atoms. The molecule has 0 aliphatic rings. The summed E-state index contributed by atoms with van der Waals surface area (Å²) in [7, 11) is 0. The molecule has 0 saturated heterocycles. The van der Waals surface area contributed by atoms with Gasteiger partial charge < -0.3 is 10.4 Å². The number of carbonyl (C=O) groups is 2. The number of carbonyl (C=O) groups excluding carboxylic acids is 1. The summed E-state index contributed by atoms with van der Waals surface area (Å²) in [5.41, 5.74) is 0.736. The normalized spacial score (nSPS) is 12.2. The molecule has 2 N–H and O–H groups in total. The van der Waals surface area contributed by atoms with Gasteiger partial charge >= 0.3 is 5.97 Å². The van der Waals surface area contributed by atoms with E-state index < -0.39 is 5.97 Å². The Morgan fingerprint density at radius 2 is 2.17 bits per heavy atom. The van der Waals surface area contributed by atoms with Gasteiger partial charge in [-0.15, -0.1) is 11.3 Å². The fraction of sp³-hybridized carbons (Fsp3) is 0.583. The molecule has 0 fully saturated rings. The van der Waals surface area contributed by atoms with Gasteiger partial charge in [0.15, 0.2) is 0 Å². The van der Waals surface area contributed by atoms with Crippen LogP contribution in [0.15, 0.2) is 0 Å². The van der Waals surface area contributed by atoms with Crippen LogP contribution in [0.2, 0.25) is 0 Å². The van der Waals surface area contributed by atoms with Gasteiger partial charge in [0.2, 0.25) is 0 Å². The van der Waals surface area contributed by atoms with Gasteiger partial charge in [-0.1, -0.05) is 13.8 Å². The van der Waals surface area contributed by atoms with Crippen LogP contribution in [-0.4, -0.2) is 28.5 Å². The first-order valence-corrected chi connectivity index (χ1v) is 6.72. The molecule has 100 valence electrons. The molecule has 1 atom stereocenters. The van der Waals surface area contributed by atoms with Crippen LogP contribution in [0.4, 0.5) is 0 Å². The summed E-state index contributed by atoms with van der Waals surface area (Å²) < 4.78 is 0. The molecule has 6 heteroatoms. The Morgan fingerprint density at radius 3 is 2.67 bits per heavy atom. The summed E-state index contributed by atoms with van der Waals surface area (Å²) in [5.74, 6) is -1.09. The number of carboxylic acids is 1. The molecule has 0 aliphatic heterocycles. The van der Waals surface area contributed by atoms with E-state index >= 15 is 0 Å². The largest absolute Gasteiger partial charge is 0.481 e. The first kappa shape index (κ1) is 14.6. The van der Waals surface area contributed by atoms with Crippen LogP contribution in [0.1, 0.15) is 40.6 Å². The predicted molar refractivity (Wildman–Crippen MR) is 70.0 cm³/mol. The van der Waals surface area contributed by atoms with Crippen LogP contribution in [-0.2, 0) is 11.2 Å². The molecule has 1 rings (SSSR count). The molecule has 1 heterocycles. The van der Waals surface area contributed by atoms with Crippen molar-refractivity contribution in [3.8, 4) is 0 Å². The van der Waals surface area contributed by atoms with E-state index in [4.69, 9.17) is 5.11 Å². The topological polar surface area (TPSA) is 79.3 Å². The zero-order valence-corrected chi connectivity index (χ0v) is 11.6. The fourth-order valence-electron chi connectivity index (χ4n) is 1.53. The van der Waals surface area contributed by atoms with Crippen molar-refractivity contribution in [2.75, 3.05) is 6.54 Å². The highest BCUT2D eigenvalue weighted by Crippen LogP contribution is 2.18. The number of aromatic nitrogens is 1. The van der Waals surface area contributed by atoms with E-state index in [0.29, 0.717) is 11.4 Å². The van der Waals surface area contributed by atoms with Gasteiger partial charge in [0, 0.05) is 13.0 Å². The fourth-order valence-corrected chi connectivity index (χ4v) is 2.45. The predicted octanol–water partition coefficient (Wildman–Crippen LogP) is 1.85. The van der Waals surface area contributed by atoms with E-state index in [1.807, 2.05) is 13.8 Å². The van der Waals surface area contributed by atoms with Crippen LogP contribution in [0.3, 0.4) is 0 Å². The highest BCUT2D eigenvalue weighted by atomic mass is 32.1. The molecule has 0 spiro atoms. The summed E-state index contributed by atoms with van der Waals surface area (Å²) >= 11 is 1.39. The first-order chi connectivity index (χ1) is 8.43. The zero-order valence-electron chi connectivity index (χ0n) is 10.8. The lowest BCUT2D eigenvalue weighted by molar-refractivity contribution is -0.137. The second kappa shape index (κ2) is 6.49. The van der Waals surface area contributed by atoms with E-state index in [0.717, 1.165) is 17.1 Å². The summed E-state index contributed by atoms with van der Waals surface area (Å²) in [6.45, 7) is 5.97. The van der Waals surface area contributed by atoms with Crippen LogP contribution < -0.4 is 5.32 Å². The van der Waals surface area contributed by atoms with Gasteiger partial charge in [-0.2, -0.15) is 0 Å². The van der Waals surface area contributed by atoms with Gasteiger partial charge in [-0.3, -0.25) is 9.59 Å². The highest BCUT2D eigenvalue weighted by Gasteiger charge is 2.15. The molecule has 5 nitrogen and oxygen atoms in total. The van der Waals surface area contributed by atoms with E-state index in [1.54, 1.807) is 6.92 Å². The van der Waals surface area contributed by atoms with E-state index in [2.05, 4.69) is 10.3 Å². The van der Waals surface area contributed by atoms with E-state index in [-0.39, 0.29) is 18.2 Å². The third-order valence-corrected chi connectivity index (χ3v) is 3.78. The molecule has 1 aromatic rings. The van der Waals surface area contributed by atoms with Crippen LogP contribution in [0, 0.1) is 12.8 Å². The molecule has 0 aromatic carbocycles. The van der Waals surface area contributed by atoms with E-state index in [9.17, 15) is 9.59 Å². The number of hydrogen-bond acceptors (Lipinski definition) is 4. The summed E-state index contributed by atoms with van der Waals surface area (Å²) in [6.07, 6.45) is 0.871. The lowest BCUT2D eigenvalue weighted by Crippen LogP contribution is -2.29. The summed E-state index contributed by atoms with van der Waals surface area (Å²) in [5, 5.41) is 12.3. The minimum Gasteiger partial charge on any atom is -0.481 e. The molecule has 0 aliphatic carbocycles. The second-order valence-electron chi connectivity index (χ2n) is 4.29. The Balaban J connectivity index is 2.54. The van der Waals surface area contributed by atoms with Gasteiger partial charge in [0.05, 0.1) is 10.7 Å².